The first kappa shape index (κ1) is 15.0. The Morgan fingerprint density at radius 1 is 1.37 bits per heavy atom. The zero-order chi connectivity index (χ0) is 14.1. The number of nitrogens with two attached hydrogens (primary N) is 1. The van der Waals surface area contributed by atoms with E-state index in [4.69, 9.17) is 5.73 Å². The average molecular weight is 326 g/mol. The van der Waals surface area contributed by atoms with Crippen molar-refractivity contribution in [2.24, 2.45) is 17.1 Å². The molecule has 1 aliphatic carbocycles. The van der Waals surface area contributed by atoms with Crippen molar-refractivity contribution < 1.29 is 5.11 Å². The first-order valence-corrected chi connectivity index (χ1v) is 7.90. The summed E-state index contributed by atoms with van der Waals surface area (Å²) in [4.78, 5) is 0. The molecule has 2 nitrogen and oxygen atoms in total. The molecule has 1 fully saturated rings. The van der Waals surface area contributed by atoms with Crippen LogP contribution >= 0.6 is 15.9 Å². The van der Waals surface area contributed by atoms with Crippen LogP contribution in [0.2, 0.25) is 0 Å². The number of halogens is 1. The van der Waals surface area contributed by atoms with Crippen molar-refractivity contribution in [1.29, 1.82) is 0 Å². The normalized spacial score (nSPS) is 30.9. The Balaban J connectivity index is 2.39. The van der Waals surface area contributed by atoms with Gasteiger partial charge in [0, 0.05) is 16.4 Å². The van der Waals surface area contributed by atoms with Gasteiger partial charge in [-0.3, -0.25) is 0 Å². The van der Waals surface area contributed by atoms with Gasteiger partial charge in [0.05, 0.1) is 5.60 Å². The van der Waals surface area contributed by atoms with E-state index < -0.39 is 5.60 Å². The summed E-state index contributed by atoms with van der Waals surface area (Å²) in [5.74, 6) is 0.745. The summed E-state index contributed by atoms with van der Waals surface area (Å²) in [5, 5.41) is 11.2. The highest BCUT2D eigenvalue weighted by Gasteiger charge is 2.49. The van der Waals surface area contributed by atoms with Gasteiger partial charge in [0.25, 0.3) is 0 Å². The van der Waals surface area contributed by atoms with Crippen molar-refractivity contribution in [2.45, 2.75) is 45.1 Å². The van der Waals surface area contributed by atoms with E-state index in [2.05, 4.69) is 22.9 Å². The Morgan fingerprint density at radius 3 is 2.47 bits per heavy atom. The van der Waals surface area contributed by atoms with Crippen LogP contribution in [0.15, 0.2) is 28.7 Å². The Labute approximate surface area is 124 Å². The quantitative estimate of drug-likeness (QED) is 0.887. The van der Waals surface area contributed by atoms with Gasteiger partial charge in [-0.15, -0.1) is 0 Å². The fraction of sp³-hybridized carbons (Fsp3) is 0.625. The molecule has 1 saturated carbocycles. The molecule has 0 saturated heterocycles. The molecular weight excluding hydrogens is 302 g/mol. The molecule has 0 spiro atoms. The SMILES string of the molecule is CC1CCC(CN)(C(C)(O)c2ccccc2Br)CC1. The summed E-state index contributed by atoms with van der Waals surface area (Å²) >= 11 is 3.56. The minimum absolute atomic E-state index is 0.205. The van der Waals surface area contributed by atoms with E-state index in [9.17, 15) is 5.11 Å². The molecule has 3 N–H and O–H groups in total. The van der Waals surface area contributed by atoms with Gasteiger partial charge in [-0.25, -0.2) is 0 Å². The van der Waals surface area contributed by atoms with E-state index in [1.165, 1.54) is 0 Å². The van der Waals surface area contributed by atoms with Crippen LogP contribution in [0, 0.1) is 11.3 Å². The lowest BCUT2D eigenvalue weighted by molar-refractivity contribution is -0.0975. The van der Waals surface area contributed by atoms with Gasteiger partial charge >= 0.3 is 0 Å². The summed E-state index contributed by atoms with van der Waals surface area (Å²) in [6, 6.07) is 7.94. The van der Waals surface area contributed by atoms with Crippen LogP contribution < -0.4 is 5.73 Å². The molecule has 1 atom stereocenters. The van der Waals surface area contributed by atoms with Crippen molar-refractivity contribution in [3.05, 3.63) is 34.3 Å². The lowest BCUT2D eigenvalue weighted by atomic mass is 9.60. The van der Waals surface area contributed by atoms with Gasteiger partial charge < -0.3 is 10.8 Å². The Kier molecular flexibility index (Phi) is 4.38. The number of rotatable bonds is 3. The highest BCUT2D eigenvalue weighted by Crippen LogP contribution is 2.51. The molecule has 0 amide bonds. The minimum atomic E-state index is -0.887. The van der Waals surface area contributed by atoms with Crippen LogP contribution in [0.4, 0.5) is 0 Å². The molecule has 0 aromatic heterocycles. The van der Waals surface area contributed by atoms with E-state index in [0.717, 1.165) is 41.6 Å². The summed E-state index contributed by atoms with van der Waals surface area (Å²) in [7, 11) is 0. The predicted octanol–water partition coefficient (Wildman–Crippen LogP) is 3.81. The summed E-state index contributed by atoms with van der Waals surface area (Å²) in [6.07, 6.45) is 4.30. The fourth-order valence-electron chi connectivity index (χ4n) is 3.35. The van der Waals surface area contributed by atoms with Crippen molar-refractivity contribution in [2.75, 3.05) is 6.54 Å². The molecule has 0 bridgehead atoms. The summed E-state index contributed by atoms with van der Waals surface area (Å²) < 4.78 is 0.964. The van der Waals surface area contributed by atoms with Crippen LogP contribution in [-0.2, 0) is 5.60 Å². The molecular formula is C16H24BrNO. The fourth-order valence-corrected chi connectivity index (χ4v) is 4.02. The number of hydrogen-bond acceptors (Lipinski definition) is 2. The van der Waals surface area contributed by atoms with Crippen molar-refractivity contribution in [3.63, 3.8) is 0 Å². The largest absolute Gasteiger partial charge is 0.385 e. The van der Waals surface area contributed by atoms with E-state index in [0.29, 0.717) is 6.54 Å². The lowest BCUT2D eigenvalue weighted by Gasteiger charge is -2.49. The molecule has 19 heavy (non-hydrogen) atoms. The topological polar surface area (TPSA) is 46.2 Å². The zero-order valence-electron chi connectivity index (χ0n) is 11.8. The van der Waals surface area contributed by atoms with E-state index in [1.807, 2.05) is 31.2 Å². The van der Waals surface area contributed by atoms with Crippen LogP contribution in [0.5, 0.6) is 0 Å². The molecule has 1 aliphatic rings. The average Bonchev–Trinajstić information content (AvgIpc) is 2.40. The number of aliphatic hydroxyl groups is 1. The molecule has 0 radical (unpaired) electrons. The van der Waals surface area contributed by atoms with E-state index in [-0.39, 0.29) is 5.41 Å². The van der Waals surface area contributed by atoms with Crippen LogP contribution in [0.1, 0.15) is 45.1 Å². The van der Waals surface area contributed by atoms with Crippen molar-refractivity contribution >= 4 is 15.9 Å². The molecule has 0 heterocycles. The second kappa shape index (κ2) is 5.55. The smallest absolute Gasteiger partial charge is 0.0947 e. The standard InChI is InChI=1S/C16H24BrNO/c1-12-7-9-16(11-18,10-8-12)15(2,19)13-5-3-4-6-14(13)17/h3-6,12,19H,7-11,18H2,1-2H3. The Hall–Kier alpha value is -0.380. The first-order chi connectivity index (χ1) is 8.93. The highest BCUT2D eigenvalue weighted by atomic mass is 79.9. The third-order valence-electron chi connectivity index (χ3n) is 5.05. The predicted molar refractivity (Wildman–Crippen MR) is 82.8 cm³/mol. The molecule has 1 unspecified atom stereocenters. The molecule has 0 aliphatic heterocycles. The first-order valence-electron chi connectivity index (χ1n) is 7.10. The second-order valence-corrected chi connectivity index (χ2v) is 7.07. The number of hydrogen-bond donors (Lipinski definition) is 2. The third kappa shape index (κ3) is 2.61. The monoisotopic (exact) mass is 325 g/mol. The summed E-state index contributed by atoms with van der Waals surface area (Å²) in [5.41, 5.74) is 5.94. The highest BCUT2D eigenvalue weighted by molar-refractivity contribution is 9.10. The Bertz CT molecular complexity index is 436. The second-order valence-electron chi connectivity index (χ2n) is 6.22. The van der Waals surface area contributed by atoms with Gasteiger partial charge in [0.15, 0.2) is 0 Å². The maximum atomic E-state index is 11.2. The van der Waals surface area contributed by atoms with Gasteiger partial charge in [-0.1, -0.05) is 53.9 Å². The molecule has 106 valence electrons. The van der Waals surface area contributed by atoms with Crippen LogP contribution in [0.3, 0.4) is 0 Å². The Morgan fingerprint density at radius 2 is 1.95 bits per heavy atom. The third-order valence-corrected chi connectivity index (χ3v) is 5.74. The maximum absolute atomic E-state index is 11.2. The van der Waals surface area contributed by atoms with Crippen LogP contribution in [0.25, 0.3) is 0 Å². The van der Waals surface area contributed by atoms with E-state index in [1.54, 1.807) is 0 Å². The van der Waals surface area contributed by atoms with Crippen molar-refractivity contribution in [1.82, 2.24) is 0 Å². The minimum Gasteiger partial charge on any atom is -0.385 e. The number of benzene rings is 1. The molecule has 2 rings (SSSR count). The van der Waals surface area contributed by atoms with Gasteiger partial charge in [-0.2, -0.15) is 0 Å². The van der Waals surface area contributed by atoms with E-state index >= 15 is 0 Å². The zero-order valence-corrected chi connectivity index (χ0v) is 13.4. The van der Waals surface area contributed by atoms with Gasteiger partial charge in [0.1, 0.15) is 0 Å². The van der Waals surface area contributed by atoms with Gasteiger partial charge in [0.2, 0.25) is 0 Å². The molecule has 3 heteroatoms. The molecule has 1 aromatic carbocycles. The lowest BCUT2D eigenvalue weighted by Crippen LogP contribution is -2.50. The molecule has 1 aromatic rings. The van der Waals surface area contributed by atoms with Crippen LogP contribution in [-0.4, -0.2) is 11.7 Å². The van der Waals surface area contributed by atoms with Crippen molar-refractivity contribution in [3.8, 4) is 0 Å². The van der Waals surface area contributed by atoms with Gasteiger partial charge in [-0.05, 0) is 37.3 Å². The summed E-state index contributed by atoms with van der Waals surface area (Å²) in [6.45, 7) is 4.75. The maximum Gasteiger partial charge on any atom is 0.0947 e.